The average molecular weight is 231 g/mol. The molecule has 1 atom stereocenters. The highest BCUT2D eigenvalue weighted by molar-refractivity contribution is 5.85. The Morgan fingerprint density at radius 3 is 2.65 bits per heavy atom. The normalized spacial score (nSPS) is 11.3. The van der Waals surface area contributed by atoms with Gasteiger partial charge in [-0.3, -0.25) is 9.59 Å². The van der Waals surface area contributed by atoms with Crippen molar-refractivity contribution < 1.29 is 9.59 Å². The summed E-state index contributed by atoms with van der Waals surface area (Å²) in [6, 6.07) is 8.13. The zero-order chi connectivity index (χ0) is 12.8. The van der Waals surface area contributed by atoms with Crippen molar-refractivity contribution in [3.05, 3.63) is 35.4 Å². The third kappa shape index (κ3) is 3.61. The second-order valence-corrected chi connectivity index (χ2v) is 3.63. The SMILES string of the molecule is CC(=O)N[C@H](Cc1ccccc1C#N)C(N)=O. The van der Waals surface area contributed by atoms with Crippen LogP contribution in [0.5, 0.6) is 0 Å². The molecule has 17 heavy (non-hydrogen) atoms. The number of nitriles is 1. The Bertz CT molecular complexity index is 477. The van der Waals surface area contributed by atoms with Gasteiger partial charge in [-0.15, -0.1) is 0 Å². The molecule has 0 unspecified atom stereocenters. The predicted octanol–water partition coefficient (Wildman–Crippen LogP) is 0.0908. The van der Waals surface area contributed by atoms with Gasteiger partial charge in [0, 0.05) is 13.3 Å². The predicted molar refractivity (Wildman–Crippen MR) is 61.7 cm³/mol. The Morgan fingerprint density at radius 2 is 2.12 bits per heavy atom. The average Bonchev–Trinajstić information content (AvgIpc) is 2.28. The summed E-state index contributed by atoms with van der Waals surface area (Å²) in [5.74, 6) is -0.948. The molecule has 0 radical (unpaired) electrons. The lowest BCUT2D eigenvalue weighted by Crippen LogP contribution is -2.45. The van der Waals surface area contributed by atoms with Crippen LogP contribution in [0.4, 0.5) is 0 Å². The molecule has 0 heterocycles. The van der Waals surface area contributed by atoms with E-state index in [2.05, 4.69) is 5.32 Å². The van der Waals surface area contributed by atoms with Gasteiger partial charge in [-0.2, -0.15) is 5.26 Å². The fourth-order valence-electron chi connectivity index (χ4n) is 1.50. The highest BCUT2D eigenvalue weighted by Crippen LogP contribution is 2.10. The lowest BCUT2D eigenvalue weighted by atomic mass is 10.0. The van der Waals surface area contributed by atoms with Crippen LogP contribution in [0.15, 0.2) is 24.3 Å². The van der Waals surface area contributed by atoms with Crippen LogP contribution < -0.4 is 11.1 Å². The standard InChI is InChI=1S/C12H13N3O2/c1-8(16)15-11(12(14)17)6-9-4-2-3-5-10(9)7-13/h2-5,11H,6H2,1H3,(H2,14,17)(H,15,16)/t11-/m1/s1. The molecule has 5 heteroatoms. The van der Waals surface area contributed by atoms with E-state index in [1.807, 2.05) is 6.07 Å². The number of hydrogen-bond acceptors (Lipinski definition) is 3. The van der Waals surface area contributed by atoms with Crippen molar-refractivity contribution in [1.29, 1.82) is 5.26 Å². The first-order valence-electron chi connectivity index (χ1n) is 5.09. The van der Waals surface area contributed by atoms with Crippen LogP contribution in [0.1, 0.15) is 18.1 Å². The maximum absolute atomic E-state index is 11.2. The van der Waals surface area contributed by atoms with Gasteiger partial charge in [-0.1, -0.05) is 18.2 Å². The van der Waals surface area contributed by atoms with Crippen LogP contribution in [0.25, 0.3) is 0 Å². The summed E-state index contributed by atoms with van der Waals surface area (Å²) in [4.78, 5) is 22.1. The zero-order valence-electron chi connectivity index (χ0n) is 9.43. The summed E-state index contributed by atoms with van der Waals surface area (Å²) in [5.41, 5.74) is 6.35. The zero-order valence-corrected chi connectivity index (χ0v) is 9.43. The molecule has 1 aromatic carbocycles. The molecule has 5 nitrogen and oxygen atoms in total. The minimum Gasteiger partial charge on any atom is -0.368 e. The van der Waals surface area contributed by atoms with Crippen LogP contribution in [-0.4, -0.2) is 17.9 Å². The molecular weight excluding hydrogens is 218 g/mol. The van der Waals surface area contributed by atoms with Crippen molar-refractivity contribution in [1.82, 2.24) is 5.32 Å². The molecule has 0 spiro atoms. The van der Waals surface area contributed by atoms with E-state index in [1.54, 1.807) is 24.3 Å². The number of nitrogens with one attached hydrogen (secondary N) is 1. The smallest absolute Gasteiger partial charge is 0.240 e. The summed E-state index contributed by atoms with van der Waals surface area (Å²) >= 11 is 0. The number of amides is 2. The number of nitrogens with zero attached hydrogens (tertiary/aromatic N) is 1. The number of benzene rings is 1. The number of rotatable bonds is 4. The number of hydrogen-bond donors (Lipinski definition) is 2. The van der Waals surface area contributed by atoms with Gasteiger partial charge in [0.25, 0.3) is 0 Å². The van der Waals surface area contributed by atoms with Gasteiger partial charge in [0.05, 0.1) is 11.6 Å². The minimum absolute atomic E-state index is 0.221. The third-order valence-corrected chi connectivity index (χ3v) is 2.28. The molecule has 1 aromatic rings. The van der Waals surface area contributed by atoms with E-state index >= 15 is 0 Å². The Labute approximate surface area is 99.2 Å². The first-order valence-corrected chi connectivity index (χ1v) is 5.09. The van der Waals surface area contributed by atoms with Gasteiger partial charge < -0.3 is 11.1 Å². The van der Waals surface area contributed by atoms with Gasteiger partial charge in [0.2, 0.25) is 11.8 Å². The highest BCUT2D eigenvalue weighted by atomic mass is 16.2. The van der Waals surface area contributed by atoms with Crippen molar-refractivity contribution in [3.8, 4) is 6.07 Å². The molecule has 0 fully saturated rings. The van der Waals surface area contributed by atoms with Crippen LogP contribution in [0.2, 0.25) is 0 Å². The number of carbonyl (C=O) groups is 2. The molecule has 0 aliphatic carbocycles. The lowest BCUT2D eigenvalue weighted by molar-refractivity contribution is -0.126. The summed E-state index contributed by atoms with van der Waals surface area (Å²) in [6.07, 6.45) is 0.221. The summed E-state index contributed by atoms with van der Waals surface area (Å²) in [5, 5.41) is 11.4. The van der Waals surface area contributed by atoms with E-state index < -0.39 is 11.9 Å². The fourth-order valence-corrected chi connectivity index (χ4v) is 1.50. The van der Waals surface area contributed by atoms with Crippen molar-refractivity contribution in [2.75, 3.05) is 0 Å². The quantitative estimate of drug-likeness (QED) is 0.768. The Kier molecular flexibility index (Phi) is 4.23. The monoisotopic (exact) mass is 231 g/mol. The van der Waals surface area contributed by atoms with Gasteiger partial charge in [-0.05, 0) is 11.6 Å². The van der Waals surface area contributed by atoms with Gasteiger partial charge in [0.1, 0.15) is 6.04 Å². The van der Waals surface area contributed by atoms with Crippen LogP contribution >= 0.6 is 0 Å². The van der Waals surface area contributed by atoms with E-state index in [0.29, 0.717) is 11.1 Å². The fraction of sp³-hybridized carbons (Fsp3) is 0.250. The van der Waals surface area contributed by atoms with E-state index in [4.69, 9.17) is 11.0 Å². The van der Waals surface area contributed by atoms with Gasteiger partial charge in [0.15, 0.2) is 0 Å². The van der Waals surface area contributed by atoms with E-state index in [1.165, 1.54) is 6.92 Å². The molecular formula is C12H13N3O2. The topological polar surface area (TPSA) is 96.0 Å². The first kappa shape index (κ1) is 12.7. The van der Waals surface area contributed by atoms with Gasteiger partial charge >= 0.3 is 0 Å². The molecule has 1 rings (SSSR count). The Hall–Kier alpha value is -2.35. The van der Waals surface area contributed by atoms with Crippen molar-refractivity contribution in [2.24, 2.45) is 5.73 Å². The molecule has 3 N–H and O–H groups in total. The van der Waals surface area contributed by atoms with Crippen molar-refractivity contribution in [3.63, 3.8) is 0 Å². The largest absolute Gasteiger partial charge is 0.368 e. The minimum atomic E-state index is -0.790. The lowest BCUT2D eigenvalue weighted by Gasteiger charge is -2.14. The number of primary amides is 1. The molecule has 0 saturated heterocycles. The number of carbonyl (C=O) groups excluding carboxylic acids is 2. The molecule has 2 amide bonds. The molecule has 0 bridgehead atoms. The highest BCUT2D eigenvalue weighted by Gasteiger charge is 2.18. The molecule has 0 aromatic heterocycles. The molecule has 0 aliphatic rings. The summed E-state index contributed by atoms with van der Waals surface area (Å²) in [6.45, 7) is 1.31. The van der Waals surface area contributed by atoms with Crippen molar-refractivity contribution in [2.45, 2.75) is 19.4 Å². The van der Waals surface area contributed by atoms with E-state index in [9.17, 15) is 9.59 Å². The molecule has 88 valence electrons. The summed E-state index contributed by atoms with van der Waals surface area (Å²) < 4.78 is 0. The van der Waals surface area contributed by atoms with Crippen molar-refractivity contribution >= 4 is 11.8 Å². The first-order chi connectivity index (χ1) is 8.04. The van der Waals surface area contributed by atoms with E-state index in [0.717, 1.165) is 0 Å². The second kappa shape index (κ2) is 5.66. The maximum atomic E-state index is 11.2. The summed E-state index contributed by atoms with van der Waals surface area (Å²) in [7, 11) is 0. The maximum Gasteiger partial charge on any atom is 0.240 e. The van der Waals surface area contributed by atoms with Crippen LogP contribution in [-0.2, 0) is 16.0 Å². The number of nitrogens with two attached hydrogens (primary N) is 1. The Morgan fingerprint density at radius 1 is 1.47 bits per heavy atom. The third-order valence-electron chi connectivity index (χ3n) is 2.28. The van der Waals surface area contributed by atoms with Crippen LogP contribution in [0, 0.1) is 11.3 Å². The Balaban J connectivity index is 2.90. The molecule has 0 aliphatic heterocycles. The van der Waals surface area contributed by atoms with Crippen LogP contribution in [0.3, 0.4) is 0 Å². The second-order valence-electron chi connectivity index (χ2n) is 3.63. The van der Waals surface area contributed by atoms with Gasteiger partial charge in [-0.25, -0.2) is 0 Å². The van der Waals surface area contributed by atoms with E-state index in [-0.39, 0.29) is 12.3 Å². The molecule has 0 saturated carbocycles.